The van der Waals surface area contributed by atoms with E-state index in [-0.39, 0.29) is 11.5 Å². The number of aromatic amines is 1. The molecule has 164 valence electrons. The molecule has 3 aliphatic rings. The standard InChI is InChI=1S/C23H30N6O2/c1-24-23(31)20-6-5-17(13-25-20)28-11-8-16(9-12-28)29-10-7-15(14-29)21-26-19-4-2-3-18(19)22(30)27-21/h5-6,13,15-16H,2-4,7-12,14H2,1H3,(H,24,31)(H,26,27,30). The highest BCUT2D eigenvalue weighted by molar-refractivity contribution is 5.92. The first kappa shape index (κ1) is 20.2. The maximum atomic E-state index is 12.4. The molecule has 0 saturated carbocycles. The van der Waals surface area contributed by atoms with Crippen LogP contribution in [0.15, 0.2) is 23.1 Å². The van der Waals surface area contributed by atoms with Gasteiger partial charge >= 0.3 is 0 Å². The van der Waals surface area contributed by atoms with Crippen molar-refractivity contribution in [2.45, 2.75) is 50.5 Å². The minimum absolute atomic E-state index is 0.0836. The first-order chi connectivity index (χ1) is 15.1. The molecule has 2 aromatic heterocycles. The Kier molecular flexibility index (Phi) is 5.48. The Morgan fingerprint density at radius 3 is 2.74 bits per heavy atom. The molecule has 5 rings (SSSR count). The van der Waals surface area contributed by atoms with Crippen molar-refractivity contribution < 1.29 is 4.79 Å². The van der Waals surface area contributed by atoms with Crippen LogP contribution in [-0.4, -0.2) is 65.0 Å². The molecule has 2 aromatic rings. The Labute approximate surface area is 182 Å². The number of nitrogens with zero attached hydrogens (tertiary/aromatic N) is 4. The van der Waals surface area contributed by atoms with Crippen LogP contribution in [0.2, 0.25) is 0 Å². The summed E-state index contributed by atoms with van der Waals surface area (Å²) in [6.07, 6.45) is 7.95. The lowest BCUT2D eigenvalue weighted by Gasteiger charge is -2.37. The molecular formula is C23H30N6O2. The second-order valence-electron chi connectivity index (χ2n) is 8.91. The highest BCUT2D eigenvalue weighted by Gasteiger charge is 2.33. The number of hydrogen-bond donors (Lipinski definition) is 2. The molecule has 2 N–H and O–H groups in total. The van der Waals surface area contributed by atoms with Crippen LogP contribution in [0.1, 0.15) is 59.2 Å². The average molecular weight is 423 g/mol. The lowest BCUT2D eigenvalue weighted by Crippen LogP contribution is -2.44. The summed E-state index contributed by atoms with van der Waals surface area (Å²) in [5.74, 6) is 1.07. The van der Waals surface area contributed by atoms with Gasteiger partial charge in [0.1, 0.15) is 11.5 Å². The van der Waals surface area contributed by atoms with Gasteiger partial charge in [0.2, 0.25) is 0 Å². The van der Waals surface area contributed by atoms with Crippen molar-refractivity contribution in [1.82, 2.24) is 25.2 Å². The number of carbonyl (C=O) groups excluding carboxylic acids is 1. The number of carbonyl (C=O) groups is 1. The number of nitrogens with one attached hydrogen (secondary N) is 2. The quantitative estimate of drug-likeness (QED) is 0.775. The van der Waals surface area contributed by atoms with Gasteiger partial charge in [-0.15, -0.1) is 0 Å². The lowest BCUT2D eigenvalue weighted by atomic mass is 10.0. The first-order valence-corrected chi connectivity index (χ1v) is 11.4. The predicted molar refractivity (Wildman–Crippen MR) is 119 cm³/mol. The third-order valence-electron chi connectivity index (χ3n) is 7.12. The number of fused-ring (bicyclic) bond motifs is 1. The van der Waals surface area contributed by atoms with E-state index in [1.54, 1.807) is 19.3 Å². The van der Waals surface area contributed by atoms with Crippen LogP contribution in [0.3, 0.4) is 0 Å². The van der Waals surface area contributed by atoms with Crippen LogP contribution in [-0.2, 0) is 12.8 Å². The maximum absolute atomic E-state index is 12.4. The summed E-state index contributed by atoms with van der Waals surface area (Å²) in [5, 5.41) is 2.60. The maximum Gasteiger partial charge on any atom is 0.269 e. The zero-order valence-electron chi connectivity index (χ0n) is 18.1. The molecule has 0 bridgehead atoms. The zero-order chi connectivity index (χ0) is 21.4. The molecule has 2 aliphatic heterocycles. The van der Waals surface area contributed by atoms with E-state index in [0.717, 1.165) is 87.5 Å². The molecule has 8 heteroatoms. The van der Waals surface area contributed by atoms with Gasteiger partial charge in [0.05, 0.1) is 17.6 Å². The number of hydrogen-bond acceptors (Lipinski definition) is 6. The van der Waals surface area contributed by atoms with Crippen molar-refractivity contribution in [1.29, 1.82) is 0 Å². The Morgan fingerprint density at radius 1 is 1.16 bits per heavy atom. The summed E-state index contributed by atoms with van der Waals surface area (Å²) in [4.78, 5) is 41.2. The largest absolute Gasteiger partial charge is 0.370 e. The fraction of sp³-hybridized carbons (Fsp3) is 0.565. The van der Waals surface area contributed by atoms with Gasteiger partial charge < -0.3 is 15.2 Å². The second kappa shape index (κ2) is 8.42. The minimum atomic E-state index is -0.159. The second-order valence-corrected chi connectivity index (χ2v) is 8.91. The molecular weight excluding hydrogens is 392 g/mol. The number of amides is 1. The molecule has 0 radical (unpaired) electrons. The number of aromatic nitrogens is 3. The topological polar surface area (TPSA) is 94.2 Å². The molecule has 1 atom stereocenters. The van der Waals surface area contributed by atoms with Crippen molar-refractivity contribution in [3.63, 3.8) is 0 Å². The summed E-state index contributed by atoms with van der Waals surface area (Å²) in [7, 11) is 1.61. The van der Waals surface area contributed by atoms with E-state index in [0.29, 0.717) is 17.7 Å². The summed E-state index contributed by atoms with van der Waals surface area (Å²) in [6.45, 7) is 4.02. The van der Waals surface area contributed by atoms with E-state index < -0.39 is 0 Å². The Hall–Kier alpha value is -2.74. The number of piperidine rings is 1. The summed E-state index contributed by atoms with van der Waals surface area (Å²) >= 11 is 0. The summed E-state index contributed by atoms with van der Waals surface area (Å²) < 4.78 is 0. The van der Waals surface area contributed by atoms with E-state index in [9.17, 15) is 9.59 Å². The van der Waals surface area contributed by atoms with Gasteiger partial charge in [-0.3, -0.25) is 14.5 Å². The minimum Gasteiger partial charge on any atom is -0.370 e. The monoisotopic (exact) mass is 422 g/mol. The van der Waals surface area contributed by atoms with Crippen LogP contribution < -0.4 is 15.8 Å². The molecule has 2 fully saturated rings. The Morgan fingerprint density at radius 2 is 2.00 bits per heavy atom. The SMILES string of the molecule is CNC(=O)c1ccc(N2CCC(N3CCC(c4nc5c(c(=O)[nH]4)CCC5)C3)CC2)cn1. The van der Waals surface area contributed by atoms with Crippen LogP contribution in [0.25, 0.3) is 0 Å². The molecule has 8 nitrogen and oxygen atoms in total. The number of likely N-dealkylation sites (tertiary alicyclic amines) is 1. The molecule has 4 heterocycles. The fourth-order valence-corrected chi connectivity index (χ4v) is 5.32. The van der Waals surface area contributed by atoms with Gasteiger partial charge in [-0.1, -0.05) is 0 Å². The zero-order valence-corrected chi connectivity index (χ0v) is 18.1. The molecule has 1 aliphatic carbocycles. The molecule has 0 spiro atoms. The lowest BCUT2D eigenvalue weighted by molar-refractivity contribution is 0.0958. The molecule has 31 heavy (non-hydrogen) atoms. The molecule has 0 aromatic carbocycles. The van der Waals surface area contributed by atoms with E-state index in [1.165, 1.54) is 0 Å². The summed E-state index contributed by atoms with van der Waals surface area (Å²) in [5.41, 5.74) is 3.54. The van der Waals surface area contributed by atoms with Crippen molar-refractivity contribution in [3.05, 3.63) is 51.5 Å². The number of rotatable bonds is 4. The van der Waals surface area contributed by atoms with Crippen LogP contribution >= 0.6 is 0 Å². The number of aryl methyl sites for hydroxylation is 1. The van der Waals surface area contributed by atoms with Crippen LogP contribution in [0.4, 0.5) is 5.69 Å². The van der Waals surface area contributed by atoms with Gasteiger partial charge in [-0.2, -0.15) is 0 Å². The van der Waals surface area contributed by atoms with Gasteiger partial charge in [-0.25, -0.2) is 9.97 Å². The van der Waals surface area contributed by atoms with Crippen molar-refractivity contribution in [3.8, 4) is 0 Å². The third-order valence-corrected chi connectivity index (χ3v) is 7.12. The number of pyridine rings is 1. The Balaban J connectivity index is 1.18. The average Bonchev–Trinajstić information content (AvgIpc) is 3.49. The molecule has 1 unspecified atom stereocenters. The number of anilines is 1. The van der Waals surface area contributed by atoms with E-state index >= 15 is 0 Å². The van der Waals surface area contributed by atoms with E-state index in [4.69, 9.17) is 4.98 Å². The smallest absolute Gasteiger partial charge is 0.269 e. The fourth-order valence-electron chi connectivity index (χ4n) is 5.32. The normalized spacial score (nSPS) is 22.0. The van der Waals surface area contributed by atoms with Crippen molar-refractivity contribution in [2.75, 3.05) is 38.1 Å². The Bertz CT molecular complexity index is 1010. The van der Waals surface area contributed by atoms with E-state index in [1.807, 2.05) is 6.07 Å². The van der Waals surface area contributed by atoms with Crippen LogP contribution in [0, 0.1) is 0 Å². The molecule has 1 amide bonds. The van der Waals surface area contributed by atoms with Gasteiger partial charge in [0.15, 0.2) is 0 Å². The van der Waals surface area contributed by atoms with Crippen molar-refractivity contribution in [2.24, 2.45) is 0 Å². The highest BCUT2D eigenvalue weighted by atomic mass is 16.1. The van der Waals surface area contributed by atoms with Gasteiger partial charge in [-0.05, 0) is 57.2 Å². The van der Waals surface area contributed by atoms with Gasteiger partial charge in [0.25, 0.3) is 11.5 Å². The van der Waals surface area contributed by atoms with Crippen LogP contribution in [0.5, 0.6) is 0 Å². The van der Waals surface area contributed by atoms with E-state index in [2.05, 4.69) is 25.1 Å². The summed E-state index contributed by atoms with van der Waals surface area (Å²) in [6, 6.07) is 4.34. The highest BCUT2D eigenvalue weighted by Crippen LogP contribution is 2.31. The van der Waals surface area contributed by atoms with Gasteiger partial charge in [0, 0.05) is 44.2 Å². The molecule has 2 saturated heterocycles. The third kappa shape index (κ3) is 3.96. The predicted octanol–water partition coefficient (Wildman–Crippen LogP) is 1.47. The first-order valence-electron chi connectivity index (χ1n) is 11.4. The number of H-pyrrole nitrogens is 1. The van der Waals surface area contributed by atoms with Crippen molar-refractivity contribution >= 4 is 11.6 Å².